The fourth-order valence-electron chi connectivity index (χ4n) is 2.77. The third-order valence-corrected chi connectivity index (χ3v) is 6.03. The lowest BCUT2D eigenvalue weighted by Gasteiger charge is -2.28. The Kier molecular flexibility index (Phi) is 19.2. The molecule has 0 aromatic heterocycles. The molecule has 0 amide bonds. The molecule has 0 bridgehead atoms. The van der Waals surface area contributed by atoms with Gasteiger partial charge in [0.2, 0.25) is 0 Å². The van der Waals surface area contributed by atoms with Gasteiger partial charge in [-0.2, -0.15) is 0 Å². The fraction of sp³-hybridized carbons (Fsp3) is 0.826. The van der Waals surface area contributed by atoms with Crippen molar-refractivity contribution >= 4 is 32.0 Å². The van der Waals surface area contributed by atoms with Gasteiger partial charge in [0.1, 0.15) is 13.6 Å². The first-order chi connectivity index (χ1) is 18.0. The van der Waals surface area contributed by atoms with Gasteiger partial charge in [0, 0.05) is 6.92 Å². The number of ether oxygens (including phenoxy) is 4. The molecular formula is C23H45N3O11P+. The van der Waals surface area contributed by atoms with Crippen LogP contribution in [-0.2, 0) is 42.2 Å². The van der Waals surface area contributed by atoms with Gasteiger partial charge in [-0.15, -0.1) is 4.76 Å². The van der Waals surface area contributed by atoms with Crippen LogP contribution in [-0.4, -0.2) is 82.1 Å². The number of rotatable bonds is 19. The minimum absolute atomic E-state index is 0.0289. The smallest absolute Gasteiger partial charge is 0.434 e. The van der Waals surface area contributed by atoms with Crippen LogP contribution < -0.4 is 5.73 Å². The number of guanidine groups is 1. The number of hydrogen-bond donors (Lipinski definition) is 1. The van der Waals surface area contributed by atoms with E-state index in [-0.39, 0.29) is 52.1 Å². The molecule has 14 nitrogen and oxygen atoms in total. The highest BCUT2D eigenvalue weighted by Crippen LogP contribution is 2.50. The highest BCUT2D eigenvalue weighted by Gasteiger charge is 2.36. The molecule has 0 aromatic rings. The predicted molar refractivity (Wildman–Crippen MR) is 138 cm³/mol. The SMILES string of the molecule is CCCOC(=O)OCCCCOP(=O)(N=C(N)[N+](C)(CCC)OC(C)=O)OCCCCOC(=O)OCCC. The number of carbonyl (C=O) groups is 3. The third kappa shape index (κ3) is 17.2. The first-order valence-corrected chi connectivity index (χ1v) is 14.4. The predicted octanol–water partition coefficient (Wildman–Crippen LogP) is 4.46. The van der Waals surface area contributed by atoms with Crippen molar-refractivity contribution in [1.82, 2.24) is 0 Å². The summed E-state index contributed by atoms with van der Waals surface area (Å²) in [5.41, 5.74) is 6.09. The van der Waals surface area contributed by atoms with E-state index in [4.69, 9.17) is 38.6 Å². The van der Waals surface area contributed by atoms with Gasteiger partial charge >= 0.3 is 32.0 Å². The summed E-state index contributed by atoms with van der Waals surface area (Å²) >= 11 is 0. The number of hydroxylamine groups is 3. The Morgan fingerprint density at radius 1 is 0.737 bits per heavy atom. The highest BCUT2D eigenvalue weighted by molar-refractivity contribution is 7.52. The lowest BCUT2D eigenvalue weighted by Crippen LogP contribution is -2.54. The van der Waals surface area contributed by atoms with E-state index >= 15 is 0 Å². The van der Waals surface area contributed by atoms with Crippen molar-refractivity contribution in [1.29, 1.82) is 0 Å². The molecule has 0 aromatic carbocycles. The number of unbranched alkanes of at least 4 members (excludes halogenated alkanes) is 2. The Morgan fingerprint density at radius 2 is 1.16 bits per heavy atom. The van der Waals surface area contributed by atoms with E-state index in [9.17, 15) is 18.9 Å². The van der Waals surface area contributed by atoms with E-state index in [0.717, 1.165) is 0 Å². The minimum Gasteiger partial charge on any atom is -0.434 e. The molecule has 0 saturated heterocycles. The van der Waals surface area contributed by atoms with E-state index in [1.54, 1.807) is 0 Å². The second-order valence-electron chi connectivity index (χ2n) is 8.31. The van der Waals surface area contributed by atoms with Crippen molar-refractivity contribution in [3.8, 4) is 0 Å². The summed E-state index contributed by atoms with van der Waals surface area (Å²) in [6, 6.07) is 0. The summed E-state index contributed by atoms with van der Waals surface area (Å²) in [6.45, 7) is 7.81. The Bertz CT molecular complexity index is 746. The largest absolute Gasteiger partial charge is 0.508 e. The molecule has 0 fully saturated rings. The zero-order chi connectivity index (χ0) is 28.9. The highest BCUT2D eigenvalue weighted by atomic mass is 31.2. The average molecular weight is 571 g/mol. The van der Waals surface area contributed by atoms with Gasteiger partial charge in [-0.05, 0) is 44.9 Å². The average Bonchev–Trinajstić information content (AvgIpc) is 2.85. The number of quaternary nitrogens is 1. The van der Waals surface area contributed by atoms with E-state index < -0.39 is 30.7 Å². The standard InChI is InChI=1S/C23H45N3O11P/c1-6-13-26(5,37-20(4)27)21(24)25-38(30,35-18-11-9-16-33-22(28)31-14-7-2)36-19-12-10-17-34-23(29)32-15-8-3/h6-19H2,1-5H3,(H2,24,25,30)/q+1. The third-order valence-electron chi connectivity index (χ3n) is 4.56. The van der Waals surface area contributed by atoms with Gasteiger partial charge in [-0.1, -0.05) is 25.4 Å². The van der Waals surface area contributed by atoms with Crippen LogP contribution in [0.5, 0.6) is 0 Å². The molecular weight excluding hydrogens is 525 g/mol. The van der Waals surface area contributed by atoms with E-state index in [2.05, 4.69) is 4.76 Å². The van der Waals surface area contributed by atoms with Gasteiger partial charge in [0.05, 0.1) is 39.6 Å². The summed E-state index contributed by atoms with van der Waals surface area (Å²) in [5.74, 6) is -0.847. The molecule has 15 heteroatoms. The van der Waals surface area contributed by atoms with Crippen LogP contribution in [0.15, 0.2) is 4.76 Å². The Hall–Kier alpha value is -2.41. The van der Waals surface area contributed by atoms with Crippen molar-refractivity contribution in [2.24, 2.45) is 10.5 Å². The summed E-state index contributed by atoms with van der Waals surface area (Å²) in [5, 5.41) is 0. The monoisotopic (exact) mass is 570 g/mol. The summed E-state index contributed by atoms with van der Waals surface area (Å²) in [4.78, 5) is 39.6. The maximum Gasteiger partial charge on any atom is 0.508 e. The first-order valence-electron chi connectivity index (χ1n) is 12.9. The number of carbonyl (C=O) groups excluding carboxylic acids is 3. The van der Waals surface area contributed by atoms with E-state index in [1.165, 1.54) is 14.0 Å². The van der Waals surface area contributed by atoms with Crippen molar-refractivity contribution in [3.63, 3.8) is 0 Å². The summed E-state index contributed by atoms with van der Waals surface area (Å²) in [6.07, 6.45) is 2.06. The van der Waals surface area contributed by atoms with Crippen LogP contribution in [0.1, 0.15) is 72.6 Å². The van der Waals surface area contributed by atoms with Gasteiger partial charge < -0.3 is 24.7 Å². The van der Waals surface area contributed by atoms with Gasteiger partial charge in [-0.25, -0.2) is 18.9 Å². The number of hydrogen-bond acceptors (Lipinski definition) is 11. The number of nitrogens with two attached hydrogens (primary N) is 1. The second kappa shape index (κ2) is 20.5. The summed E-state index contributed by atoms with van der Waals surface area (Å²) < 4.78 is 47.3. The molecule has 0 aliphatic rings. The van der Waals surface area contributed by atoms with E-state index in [1.807, 2.05) is 20.8 Å². The molecule has 1 atom stereocenters. The summed E-state index contributed by atoms with van der Waals surface area (Å²) in [7, 11) is -2.60. The number of nitrogens with zero attached hydrogens (tertiary/aromatic N) is 2. The van der Waals surface area contributed by atoms with Crippen molar-refractivity contribution in [2.75, 3.05) is 53.2 Å². The molecule has 222 valence electrons. The lowest BCUT2D eigenvalue weighted by molar-refractivity contribution is -1.00. The molecule has 0 aliphatic heterocycles. The van der Waals surface area contributed by atoms with Crippen molar-refractivity contribution < 1.29 is 56.4 Å². The molecule has 38 heavy (non-hydrogen) atoms. The van der Waals surface area contributed by atoms with Crippen LogP contribution in [0.25, 0.3) is 0 Å². The van der Waals surface area contributed by atoms with Gasteiger partial charge in [0.15, 0.2) is 0 Å². The maximum atomic E-state index is 13.4. The minimum atomic E-state index is -4.11. The fourth-order valence-corrected chi connectivity index (χ4v) is 4.12. The molecule has 0 heterocycles. The first kappa shape index (κ1) is 35.6. The maximum absolute atomic E-state index is 13.4. The van der Waals surface area contributed by atoms with Crippen LogP contribution >= 0.6 is 7.75 Å². The zero-order valence-corrected chi connectivity index (χ0v) is 24.2. The molecule has 0 saturated carbocycles. The van der Waals surface area contributed by atoms with Crippen LogP contribution in [0, 0.1) is 0 Å². The second-order valence-corrected chi connectivity index (χ2v) is 9.96. The molecule has 1 unspecified atom stereocenters. The van der Waals surface area contributed by atoms with Crippen LogP contribution in [0.3, 0.4) is 0 Å². The quantitative estimate of drug-likeness (QED) is 0.0440. The van der Waals surface area contributed by atoms with Gasteiger partial charge in [-0.3, -0.25) is 13.9 Å². The van der Waals surface area contributed by atoms with Gasteiger partial charge in [0.25, 0.3) is 0 Å². The van der Waals surface area contributed by atoms with Crippen molar-refractivity contribution in [3.05, 3.63) is 0 Å². The Balaban J connectivity index is 5.03. The molecule has 0 rings (SSSR count). The van der Waals surface area contributed by atoms with Crippen LogP contribution in [0.2, 0.25) is 0 Å². The van der Waals surface area contributed by atoms with Crippen molar-refractivity contribution in [2.45, 2.75) is 72.6 Å². The molecule has 0 aliphatic carbocycles. The topological polar surface area (TPSA) is 171 Å². The Labute approximate surface area is 225 Å². The van der Waals surface area contributed by atoms with Crippen LogP contribution in [0.4, 0.5) is 9.59 Å². The molecule has 2 N–H and O–H groups in total. The normalized spacial score (nSPS) is 13.3. The molecule has 0 spiro atoms. The molecule has 0 radical (unpaired) electrons. The zero-order valence-electron chi connectivity index (χ0n) is 23.3. The Morgan fingerprint density at radius 3 is 1.55 bits per heavy atom. The van der Waals surface area contributed by atoms with E-state index in [0.29, 0.717) is 44.9 Å². The lowest BCUT2D eigenvalue weighted by atomic mass is 10.3.